The molecule has 0 atom stereocenters. The van der Waals surface area contributed by atoms with Crippen LogP contribution >= 0.6 is 0 Å². The van der Waals surface area contributed by atoms with Gasteiger partial charge in [-0.15, -0.1) is 0 Å². The Morgan fingerprint density at radius 2 is 1.70 bits per heavy atom. The topological polar surface area (TPSA) is 140 Å². The van der Waals surface area contributed by atoms with E-state index in [4.69, 9.17) is 25.1 Å². The molecular formula is C17H24N4O5S. The van der Waals surface area contributed by atoms with E-state index in [1.165, 1.54) is 19.4 Å². The molecule has 0 fully saturated rings. The van der Waals surface area contributed by atoms with Gasteiger partial charge in [0, 0.05) is 11.6 Å². The first-order chi connectivity index (χ1) is 12.5. The Bertz CT molecular complexity index is 929. The number of benzene rings is 1. The van der Waals surface area contributed by atoms with Gasteiger partial charge < -0.3 is 20.9 Å². The molecule has 1 aromatic heterocycles. The van der Waals surface area contributed by atoms with E-state index >= 15 is 0 Å². The fourth-order valence-corrected chi connectivity index (χ4v) is 3.60. The molecular weight excluding hydrogens is 372 g/mol. The van der Waals surface area contributed by atoms with Gasteiger partial charge in [-0.1, -0.05) is 13.8 Å². The van der Waals surface area contributed by atoms with E-state index in [-0.39, 0.29) is 39.8 Å². The first kappa shape index (κ1) is 20.7. The molecule has 0 aliphatic rings. The Morgan fingerprint density at radius 1 is 1.04 bits per heavy atom. The number of hydrogen-bond acceptors (Lipinski definition) is 9. The molecule has 1 heterocycles. The standard InChI is InChI=1S/C17H24N4O5S/c1-9(2)11-6-13(24-5)15(27(22,23)26-10(3)4)7-12(11)25-14-8-20-17(19)21-16(14)18/h6-10H,1-5H3,(H4,18,19,20,21). The summed E-state index contributed by atoms with van der Waals surface area (Å²) in [7, 11) is -2.67. The van der Waals surface area contributed by atoms with Crippen LogP contribution in [0.3, 0.4) is 0 Å². The van der Waals surface area contributed by atoms with Crippen LogP contribution in [0.1, 0.15) is 39.2 Å². The molecule has 0 saturated carbocycles. The molecule has 0 unspecified atom stereocenters. The highest BCUT2D eigenvalue weighted by Crippen LogP contribution is 2.39. The Morgan fingerprint density at radius 3 is 2.22 bits per heavy atom. The normalized spacial score (nSPS) is 11.8. The van der Waals surface area contributed by atoms with Gasteiger partial charge in [0.2, 0.25) is 5.95 Å². The molecule has 0 amide bonds. The lowest BCUT2D eigenvalue weighted by atomic mass is 10.0. The summed E-state index contributed by atoms with van der Waals surface area (Å²) in [5.41, 5.74) is 12.0. The number of ether oxygens (including phenoxy) is 2. The number of anilines is 2. The number of nitrogens with zero attached hydrogens (tertiary/aromatic N) is 2. The van der Waals surface area contributed by atoms with Crippen molar-refractivity contribution in [1.82, 2.24) is 9.97 Å². The maximum atomic E-state index is 12.6. The molecule has 0 bridgehead atoms. The highest BCUT2D eigenvalue weighted by atomic mass is 32.2. The second-order valence-corrected chi connectivity index (χ2v) is 7.91. The molecule has 0 aliphatic carbocycles. The summed E-state index contributed by atoms with van der Waals surface area (Å²) >= 11 is 0. The minimum Gasteiger partial charge on any atom is -0.495 e. The number of rotatable bonds is 7. The Balaban J connectivity index is 2.62. The van der Waals surface area contributed by atoms with Gasteiger partial charge in [0.1, 0.15) is 16.4 Å². The van der Waals surface area contributed by atoms with Gasteiger partial charge >= 0.3 is 10.1 Å². The van der Waals surface area contributed by atoms with Crippen LogP contribution in [0.2, 0.25) is 0 Å². The summed E-state index contributed by atoms with van der Waals surface area (Å²) in [6.45, 7) is 7.11. The third kappa shape index (κ3) is 4.77. The van der Waals surface area contributed by atoms with Crippen molar-refractivity contribution in [2.45, 2.75) is 44.6 Å². The van der Waals surface area contributed by atoms with E-state index in [9.17, 15) is 8.42 Å². The van der Waals surface area contributed by atoms with E-state index in [1.807, 2.05) is 13.8 Å². The van der Waals surface area contributed by atoms with Crippen molar-refractivity contribution >= 4 is 21.9 Å². The second kappa shape index (κ2) is 7.97. The van der Waals surface area contributed by atoms with E-state index in [1.54, 1.807) is 19.9 Å². The third-order valence-electron chi connectivity index (χ3n) is 3.53. The third-order valence-corrected chi connectivity index (χ3v) is 5.02. The van der Waals surface area contributed by atoms with Gasteiger partial charge in [0.05, 0.1) is 19.4 Å². The van der Waals surface area contributed by atoms with Crippen molar-refractivity contribution in [2.24, 2.45) is 0 Å². The molecule has 0 saturated heterocycles. The van der Waals surface area contributed by atoms with Crippen LogP contribution in [0.15, 0.2) is 23.2 Å². The monoisotopic (exact) mass is 396 g/mol. The van der Waals surface area contributed by atoms with Gasteiger partial charge in [-0.05, 0) is 25.8 Å². The average molecular weight is 396 g/mol. The quantitative estimate of drug-likeness (QED) is 0.676. The van der Waals surface area contributed by atoms with Gasteiger partial charge in [-0.25, -0.2) is 4.98 Å². The smallest absolute Gasteiger partial charge is 0.301 e. The van der Waals surface area contributed by atoms with Crippen molar-refractivity contribution in [2.75, 3.05) is 18.6 Å². The molecule has 0 spiro atoms. The van der Waals surface area contributed by atoms with Crippen LogP contribution in [0, 0.1) is 0 Å². The lowest BCUT2D eigenvalue weighted by Gasteiger charge is -2.19. The van der Waals surface area contributed by atoms with Gasteiger partial charge in [-0.3, -0.25) is 4.18 Å². The van der Waals surface area contributed by atoms with Crippen molar-refractivity contribution in [3.63, 3.8) is 0 Å². The molecule has 148 valence electrons. The molecule has 0 aliphatic heterocycles. The van der Waals surface area contributed by atoms with Crippen molar-refractivity contribution < 1.29 is 22.1 Å². The van der Waals surface area contributed by atoms with Crippen LogP contribution in [0.4, 0.5) is 11.8 Å². The van der Waals surface area contributed by atoms with Crippen LogP contribution in [0.25, 0.3) is 0 Å². The lowest BCUT2D eigenvalue weighted by Crippen LogP contribution is -2.14. The average Bonchev–Trinajstić information content (AvgIpc) is 2.55. The van der Waals surface area contributed by atoms with E-state index < -0.39 is 16.2 Å². The predicted octanol–water partition coefficient (Wildman–Crippen LogP) is 2.68. The Hall–Kier alpha value is -2.59. The summed E-state index contributed by atoms with van der Waals surface area (Å²) in [6.07, 6.45) is 0.792. The zero-order valence-corrected chi connectivity index (χ0v) is 16.7. The highest BCUT2D eigenvalue weighted by Gasteiger charge is 2.26. The van der Waals surface area contributed by atoms with Crippen LogP contribution in [0.5, 0.6) is 17.2 Å². The van der Waals surface area contributed by atoms with Gasteiger partial charge in [0.25, 0.3) is 0 Å². The van der Waals surface area contributed by atoms with E-state index in [0.29, 0.717) is 5.56 Å². The molecule has 9 nitrogen and oxygen atoms in total. The maximum Gasteiger partial charge on any atom is 0.301 e. The Labute approximate surface area is 158 Å². The molecule has 27 heavy (non-hydrogen) atoms. The summed E-state index contributed by atoms with van der Waals surface area (Å²) < 4.78 is 41.4. The summed E-state index contributed by atoms with van der Waals surface area (Å²) in [4.78, 5) is 7.54. The van der Waals surface area contributed by atoms with Crippen LogP contribution in [-0.4, -0.2) is 31.6 Å². The molecule has 4 N–H and O–H groups in total. The predicted molar refractivity (Wildman–Crippen MR) is 101 cm³/mol. The molecule has 0 radical (unpaired) electrons. The zero-order chi connectivity index (χ0) is 20.4. The largest absolute Gasteiger partial charge is 0.495 e. The first-order valence-corrected chi connectivity index (χ1v) is 9.67. The highest BCUT2D eigenvalue weighted by molar-refractivity contribution is 7.86. The maximum absolute atomic E-state index is 12.6. The zero-order valence-electron chi connectivity index (χ0n) is 15.9. The van der Waals surface area contributed by atoms with Gasteiger partial charge in [-0.2, -0.15) is 13.4 Å². The van der Waals surface area contributed by atoms with Crippen LogP contribution < -0.4 is 20.9 Å². The Kier molecular flexibility index (Phi) is 6.11. The molecule has 2 aromatic rings. The van der Waals surface area contributed by atoms with E-state index in [0.717, 1.165) is 0 Å². The lowest BCUT2D eigenvalue weighted by molar-refractivity contribution is 0.247. The summed E-state index contributed by atoms with van der Waals surface area (Å²) in [6, 6.07) is 2.95. The first-order valence-electron chi connectivity index (χ1n) is 8.26. The number of nitrogen functional groups attached to an aromatic ring is 2. The number of methoxy groups -OCH3 is 1. The molecule has 10 heteroatoms. The fourth-order valence-electron chi connectivity index (χ4n) is 2.35. The minimum atomic E-state index is -4.06. The minimum absolute atomic E-state index is 0.00673. The van der Waals surface area contributed by atoms with Gasteiger partial charge in [0.15, 0.2) is 11.6 Å². The van der Waals surface area contributed by atoms with E-state index in [2.05, 4.69) is 9.97 Å². The number of hydrogen-bond donors (Lipinski definition) is 2. The number of aromatic nitrogens is 2. The van der Waals surface area contributed by atoms with Crippen LogP contribution in [-0.2, 0) is 14.3 Å². The van der Waals surface area contributed by atoms with Crippen molar-refractivity contribution in [3.8, 4) is 17.2 Å². The summed E-state index contributed by atoms with van der Waals surface area (Å²) in [5, 5.41) is 0. The second-order valence-electron chi connectivity index (χ2n) is 6.37. The van der Waals surface area contributed by atoms with Crippen molar-refractivity contribution in [1.29, 1.82) is 0 Å². The molecule has 1 aromatic carbocycles. The van der Waals surface area contributed by atoms with Crippen molar-refractivity contribution in [3.05, 3.63) is 23.9 Å². The summed E-state index contributed by atoms with van der Waals surface area (Å²) in [5.74, 6) is 0.644. The number of nitrogens with two attached hydrogens (primary N) is 2. The SMILES string of the molecule is COc1cc(C(C)C)c(Oc2cnc(N)nc2N)cc1S(=O)(=O)OC(C)C. The molecule has 2 rings (SSSR count). The fraction of sp³-hybridized carbons (Fsp3) is 0.412.